The van der Waals surface area contributed by atoms with Crippen LogP contribution in [0, 0.1) is 5.92 Å². The molecule has 1 aliphatic carbocycles. The molecule has 2 aromatic heterocycles. The maximum absolute atomic E-state index is 13.0. The van der Waals surface area contributed by atoms with E-state index in [1.165, 1.54) is 11.3 Å². The van der Waals surface area contributed by atoms with E-state index in [9.17, 15) is 9.90 Å². The van der Waals surface area contributed by atoms with Gasteiger partial charge in [-0.2, -0.15) is 0 Å². The van der Waals surface area contributed by atoms with Gasteiger partial charge in [0, 0.05) is 24.1 Å². The maximum atomic E-state index is 13.0. The molecule has 9 heteroatoms. The van der Waals surface area contributed by atoms with Gasteiger partial charge in [-0.3, -0.25) is 4.79 Å². The lowest BCUT2D eigenvalue weighted by Crippen LogP contribution is -2.23. The van der Waals surface area contributed by atoms with Crippen molar-refractivity contribution in [1.82, 2.24) is 9.97 Å². The van der Waals surface area contributed by atoms with Crippen LogP contribution in [-0.4, -0.2) is 40.8 Å². The number of thiophene rings is 1. The van der Waals surface area contributed by atoms with E-state index < -0.39 is 6.10 Å². The molecule has 1 unspecified atom stereocenters. The van der Waals surface area contributed by atoms with Gasteiger partial charge < -0.3 is 19.5 Å². The molecular weight excluding hydrogens is 438 g/mol. The number of aliphatic hydroxyl groups excluding tert-OH is 1. The number of nitrogens with zero attached hydrogens (tertiary/aromatic N) is 3. The highest BCUT2D eigenvalue weighted by Gasteiger charge is 2.33. The lowest BCUT2D eigenvalue weighted by Gasteiger charge is -2.19. The van der Waals surface area contributed by atoms with Gasteiger partial charge in [-0.05, 0) is 42.5 Å². The zero-order chi connectivity index (χ0) is 21.5. The third-order valence-corrected chi connectivity index (χ3v) is 6.81. The number of benzene rings is 1. The number of aliphatic hydroxyl groups is 1. The Morgan fingerprint density at radius 1 is 1.26 bits per heavy atom. The van der Waals surface area contributed by atoms with Gasteiger partial charge in [-0.15, -0.1) is 11.3 Å². The summed E-state index contributed by atoms with van der Waals surface area (Å²) in [6, 6.07) is 7.35. The Labute approximate surface area is 188 Å². The van der Waals surface area contributed by atoms with Crippen LogP contribution in [-0.2, 0) is 6.54 Å². The third kappa shape index (κ3) is 3.98. The summed E-state index contributed by atoms with van der Waals surface area (Å²) in [7, 11) is 1.56. The lowest BCUT2D eigenvalue weighted by atomic mass is 10.2. The van der Waals surface area contributed by atoms with Crippen molar-refractivity contribution < 1.29 is 19.4 Å². The van der Waals surface area contributed by atoms with Crippen molar-refractivity contribution in [2.24, 2.45) is 5.92 Å². The van der Waals surface area contributed by atoms with Gasteiger partial charge in [0.1, 0.15) is 6.61 Å². The molecule has 1 amide bonds. The Morgan fingerprint density at radius 3 is 2.71 bits per heavy atom. The fourth-order valence-electron chi connectivity index (χ4n) is 3.59. The maximum Gasteiger partial charge on any atom is 0.269 e. The molecule has 5 rings (SSSR count). The first-order valence-electron chi connectivity index (χ1n) is 9.95. The number of carbonyl (C=O) groups excluding carboxylic acids is 1. The van der Waals surface area contributed by atoms with Crippen molar-refractivity contribution in [2.75, 3.05) is 18.6 Å². The Morgan fingerprint density at radius 2 is 2.03 bits per heavy atom. The number of rotatable bonds is 7. The van der Waals surface area contributed by atoms with Crippen molar-refractivity contribution in [1.29, 1.82) is 0 Å². The van der Waals surface area contributed by atoms with Crippen LogP contribution in [0.15, 0.2) is 36.7 Å². The van der Waals surface area contributed by atoms with Crippen molar-refractivity contribution in [3.63, 3.8) is 0 Å². The highest BCUT2D eigenvalue weighted by Crippen LogP contribution is 2.40. The van der Waals surface area contributed by atoms with Gasteiger partial charge in [-0.25, -0.2) is 9.97 Å². The molecule has 31 heavy (non-hydrogen) atoms. The van der Waals surface area contributed by atoms with Gasteiger partial charge in [0.15, 0.2) is 17.3 Å². The lowest BCUT2D eigenvalue weighted by molar-refractivity contribution is 0.0880. The number of carbonyl (C=O) groups is 1. The standard InChI is InChI=1S/C22H20ClN3O4S/c1-29-18-7-15(4-5-17(18)30-11-16(27)12-2-3-12)26-10-13-6-19(31-20(13)22(26)28)21-24-8-14(23)9-25-21/h4-9,12,16,27H,2-3,10-11H2,1H3. The molecule has 1 atom stereocenters. The van der Waals surface area contributed by atoms with Crippen molar-refractivity contribution >= 4 is 34.5 Å². The van der Waals surface area contributed by atoms with E-state index in [1.807, 2.05) is 12.1 Å². The van der Waals surface area contributed by atoms with Gasteiger partial charge >= 0.3 is 0 Å². The minimum atomic E-state index is -0.459. The van der Waals surface area contributed by atoms with E-state index in [0.717, 1.165) is 29.0 Å². The molecular formula is C22H20ClN3O4S. The summed E-state index contributed by atoms with van der Waals surface area (Å²) in [6.45, 7) is 0.692. The predicted molar refractivity (Wildman–Crippen MR) is 118 cm³/mol. The largest absolute Gasteiger partial charge is 0.493 e. The second kappa shape index (κ2) is 8.11. The Hall–Kier alpha value is -2.68. The number of ether oxygens (including phenoxy) is 2. The molecule has 2 aliphatic rings. The summed E-state index contributed by atoms with van der Waals surface area (Å²) >= 11 is 7.24. The Balaban J connectivity index is 1.33. The number of amides is 1. The number of halogens is 1. The van der Waals surface area contributed by atoms with Crippen LogP contribution in [0.2, 0.25) is 5.02 Å². The molecule has 0 radical (unpaired) electrons. The van der Waals surface area contributed by atoms with Crippen LogP contribution < -0.4 is 14.4 Å². The van der Waals surface area contributed by atoms with Gasteiger partial charge in [0.2, 0.25) is 0 Å². The Kier molecular flexibility index (Phi) is 5.29. The summed E-state index contributed by atoms with van der Waals surface area (Å²) in [5, 5.41) is 10.5. The van der Waals surface area contributed by atoms with Gasteiger partial charge in [0.25, 0.3) is 5.91 Å². The molecule has 3 aromatic rings. The minimum Gasteiger partial charge on any atom is -0.493 e. The smallest absolute Gasteiger partial charge is 0.269 e. The van der Waals surface area contributed by atoms with Gasteiger partial charge in [0.05, 0.1) is 34.5 Å². The third-order valence-electron chi connectivity index (χ3n) is 5.45. The summed E-state index contributed by atoms with van der Waals surface area (Å²) in [5.74, 6) is 1.91. The molecule has 1 saturated carbocycles. The zero-order valence-corrected chi connectivity index (χ0v) is 18.3. The quantitative estimate of drug-likeness (QED) is 0.573. The fourth-order valence-corrected chi connectivity index (χ4v) is 4.75. The molecule has 0 spiro atoms. The average Bonchev–Trinajstić information content (AvgIpc) is 3.48. The second-order valence-corrected chi connectivity index (χ2v) is 9.12. The first-order valence-corrected chi connectivity index (χ1v) is 11.1. The first kappa shape index (κ1) is 20.2. The van der Waals surface area contributed by atoms with Crippen LogP contribution in [0.1, 0.15) is 28.1 Å². The predicted octanol–water partition coefficient (Wildman–Crippen LogP) is 4.18. The van der Waals surface area contributed by atoms with E-state index in [0.29, 0.717) is 39.7 Å². The molecule has 7 nitrogen and oxygen atoms in total. The van der Waals surface area contributed by atoms with Gasteiger partial charge in [-0.1, -0.05) is 11.6 Å². The topological polar surface area (TPSA) is 84.8 Å². The summed E-state index contributed by atoms with van der Waals surface area (Å²) in [4.78, 5) is 24.7. The normalized spacial score (nSPS) is 16.4. The van der Waals surface area contributed by atoms with E-state index in [1.54, 1.807) is 36.5 Å². The number of methoxy groups -OCH3 is 1. The molecule has 1 aromatic carbocycles. The highest BCUT2D eigenvalue weighted by atomic mass is 35.5. The summed E-state index contributed by atoms with van der Waals surface area (Å²) < 4.78 is 11.2. The zero-order valence-electron chi connectivity index (χ0n) is 16.7. The van der Waals surface area contributed by atoms with Crippen molar-refractivity contribution in [3.8, 4) is 22.2 Å². The highest BCUT2D eigenvalue weighted by molar-refractivity contribution is 7.17. The molecule has 0 bridgehead atoms. The monoisotopic (exact) mass is 457 g/mol. The first-order chi connectivity index (χ1) is 15.0. The van der Waals surface area contributed by atoms with E-state index in [-0.39, 0.29) is 12.5 Å². The SMILES string of the molecule is COc1cc(N2Cc3cc(-c4ncc(Cl)cn4)sc3C2=O)ccc1OCC(O)C1CC1. The van der Waals surface area contributed by atoms with Crippen LogP contribution in [0.4, 0.5) is 5.69 Å². The van der Waals surface area contributed by atoms with E-state index >= 15 is 0 Å². The summed E-state index contributed by atoms with van der Waals surface area (Å²) in [6.07, 6.45) is 4.73. The van der Waals surface area contributed by atoms with E-state index in [2.05, 4.69) is 9.97 Å². The molecule has 3 heterocycles. The molecule has 1 N–H and O–H groups in total. The van der Waals surface area contributed by atoms with Crippen LogP contribution in [0.5, 0.6) is 11.5 Å². The molecule has 160 valence electrons. The van der Waals surface area contributed by atoms with Crippen molar-refractivity contribution in [3.05, 3.63) is 52.1 Å². The van der Waals surface area contributed by atoms with Crippen LogP contribution in [0.25, 0.3) is 10.7 Å². The number of hydrogen-bond donors (Lipinski definition) is 1. The average molecular weight is 458 g/mol. The number of hydrogen-bond acceptors (Lipinski definition) is 7. The number of anilines is 1. The van der Waals surface area contributed by atoms with Crippen molar-refractivity contribution in [2.45, 2.75) is 25.5 Å². The van der Waals surface area contributed by atoms with Crippen LogP contribution >= 0.6 is 22.9 Å². The number of fused-ring (bicyclic) bond motifs is 1. The minimum absolute atomic E-state index is 0.0694. The molecule has 0 saturated heterocycles. The fraction of sp³-hybridized carbons (Fsp3) is 0.318. The molecule has 1 aliphatic heterocycles. The second-order valence-electron chi connectivity index (χ2n) is 7.63. The number of aromatic nitrogens is 2. The van der Waals surface area contributed by atoms with Crippen LogP contribution in [0.3, 0.4) is 0 Å². The summed E-state index contributed by atoms with van der Waals surface area (Å²) in [5.41, 5.74) is 1.67. The Bertz CT molecular complexity index is 1130. The molecule has 1 fully saturated rings. The van der Waals surface area contributed by atoms with E-state index in [4.69, 9.17) is 21.1 Å².